The van der Waals surface area contributed by atoms with Gasteiger partial charge in [0.15, 0.2) is 15.4 Å². The van der Waals surface area contributed by atoms with Crippen LogP contribution in [0.1, 0.15) is 17.2 Å². The molecule has 3 aromatic rings. The van der Waals surface area contributed by atoms with Crippen molar-refractivity contribution in [2.45, 2.75) is 16.9 Å². The third-order valence-electron chi connectivity index (χ3n) is 4.94. The van der Waals surface area contributed by atoms with Crippen LogP contribution in [0.3, 0.4) is 0 Å². The van der Waals surface area contributed by atoms with E-state index in [0.29, 0.717) is 34.4 Å². The third kappa shape index (κ3) is 4.44. The number of hydrogen-bond donors (Lipinski definition) is 0. The van der Waals surface area contributed by atoms with Gasteiger partial charge in [-0.25, -0.2) is 13.4 Å². The van der Waals surface area contributed by atoms with Gasteiger partial charge < -0.3 is 9.32 Å². The number of para-hydroxylation sites is 2. The summed E-state index contributed by atoms with van der Waals surface area (Å²) < 4.78 is 31.2. The van der Waals surface area contributed by atoms with Crippen molar-refractivity contribution in [3.8, 4) is 0 Å². The molecule has 0 aliphatic carbocycles. The molecule has 1 amide bonds. The molecule has 152 valence electrons. The number of aromatic nitrogens is 1. The average Bonchev–Trinajstić information content (AvgIpc) is 3.05. The van der Waals surface area contributed by atoms with E-state index >= 15 is 0 Å². The number of nitrogens with zero attached hydrogens (tertiary/aromatic N) is 2. The maximum absolute atomic E-state index is 12.8. The summed E-state index contributed by atoms with van der Waals surface area (Å²) in [5.41, 5.74) is 2.01. The van der Waals surface area contributed by atoms with Gasteiger partial charge in [-0.2, -0.15) is 0 Å². The van der Waals surface area contributed by atoms with Crippen LogP contribution < -0.4 is 0 Å². The lowest BCUT2D eigenvalue weighted by Gasteiger charge is -2.19. The fraction of sp³-hybridized carbons (Fsp3) is 0.300. The summed E-state index contributed by atoms with van der Waals surface area (Å²) in [5.74, 6) is -0.0708. The Morgan fingerprint density at radius 3 is 2.72 bits per heavy atom. The molecule has 0 saturated carbocycles. The molecule has 0 bridgehead atoms. The highest BCUT2D eigenvalue weighted by molar-refractivity contribution is 7.99. The zero-order valence-electron chi connectivity index (χ0n) is 15.5. The molecular formula is C20H19ClN2O4S2. The lowest BCUT2D eigenvalue weighted by molar-refractivity contribution is -0.128. The van der Waals surface area contributed by atoms with Crippen LogP contribution in [-0.2, 0) is 14.6 Å². The van der Waals surface area contributed by atoms with E-state index < -0.39 is 15.1 Å². The predicted octanol–water partition coefficient (Wildman–Crippen LogP) is 3.96. The fourth-order valence-corrected chi connectivity index (χ4v) is 6.30. The number of fused-ring (bicyclic) bond motifs is 1. The Labute approximate surface area is 178 Å². The van der Waals surface area contributed by atoms with Crippen molar-refractivity contribution >= 4 is 50.2 Å². The van der Waals surface area contributed by atoms with Gasteiger partial charge in [0.1, 0.15) is 5.52 Å². The van der Waals surface area contributed by atoms with E-state index in [0.717, 1.165) is 5.52 Å². The molecule has 1 aliphatic heterocycles. The Kier molecular flexibility index (Phi) is 5.85. The van der Waals surface area contributed by atoms with Crippen LogP contribution in [0.15, 0.2) is 58.2 Å². The second kappa shape index (κ2) is 8.38. The zero-order valence-corrected chi connectivity index (χ0v) is 17.8. The number of halogens is 1. The molecule has 2 heterocycles. The van der Waals surface area contributed by atoms with Gasteiger partial charge in [-0.3, -0.25) is 4.79 Å². The van der Waals surface area contributed by atoms with Gasteiger partial charge in [0.25, 0.3) is 5.22 Å². The number of hydrogen-bond acceptors (Lipinski definition) is 6. The molecule has 6 nitrogen and oxygen atoms in total. The summed E-state index contributed by atoms with van der Waals surface area (Å²) in [6.07, 6.45) is 0.325. The minimum atomic E-state index is -3.40. The molecule has 2 aromatic carbocycles. The van der Waals surface area contributed by atoms with E-state index in [1.165, 1.54) is 11.8 Å². The van der Waals surface area contributed by atoms with Gasteiger partial charge in [-0.15, -0.1) is 0 Å². The van der Waals surface area contributed by atoms with E-state index in [4.69, 9.17) is 16.0 Å². The second-order valence-electron chi connectivity index (χ2n) is 6.78. The highest BCUT2D eigenvalue weighted by Crippen LogP contribution is 2.34. The minimum Gasteiger partial charge on any atom is -0.431 e. The van der Waals surface area contributed by atoms with E-state index in [9.17, 15) is 13.2 Å². The molecule has 1 aromatic heterocycles. The van der Waals surface area contributed by atoms with Crippen LogP contribution >= 0.6 is 23.4 Å². The molecule has 9 heteroatoms. The van der Waals surface area contributed by atoms with Gasteiger partial charge in [-0.05, 0) is 30.2 Å². The van der Waals surface area contributed by atoms with Crippen LogP contribution in [0.4, 0.5) is 0 Å². The molecule has 0 N–H and O–H groups in total. The second-order valence-corrected chi connectivity index (χ2v) is 10.4. The van der Waals surface area contributed by atoms with Gasteiger partial charge in [0.2, 0.25) is 5.91 Å². The number of rotatable bonds is 4. The zero-order chi connectivity index (χ0) is 20.4. The van der Waals surface area contributed by atoms with Gasteiger partial charge in [-0.1, -0.05) is 53.7 Å². The van der Waals surface area contributed by atoms with Crippen LogP contribution in [0, 0.1) is 0 Å². The quantitative estimate of drug-likeness (QED) is 0.559. The van der Waals surface area contributed by atoms with Crippen molar-refractivity contribution in [1.82, 2.24) is 9.88 Å². The summed E-state index contributed by atoms with van der Waals surface area (Å²) in [7, 11) is -3.40. The molecule has 29 heavy (non-hydrogen) atoms. The first-order valence-electron chi connectivity index (χ1n) is 9.16. The molecule has 0 spiro atoms. The Bertz CT molecular complexity index is 1110. The number of thioether (sulfide) groups is 1. The molecule has 1 aliphatic rings. The highest BCUT2D eigenvalue weighted by Gasteiger charge is 2.33. The summed E-state index contributed by atoms with van der Waals surface area (Å²) in [5, 5.41) is 0.169. The van der Waals surface area contributed by atoms with Crippen molar-refractivity contribution in [3.05, 3.63) is 59.1 Å². The predicted molar refractivity (Wildman–Crippen MR) is 114 cm³/mol. The topological polar surface area (TPSA) is 80.5 Å². The maximum Gasteiger partial charge on any atom is 0.257 e. The lowest BCUT2D eigenvalue weighted by Crippen LogP contribution is -2.34. The first-order chi connectivity index (χ1) is 13.9. The Hall–Kier alpha value is -2.03. The molecular weight excluding hydrogens is 432 g/mol. The summed E-state index contributed by atoms with van der Waals surface area (Å²) in [4.78, 5) is 18.6. The van der Waals surface area contributed by atoms with Crippen LogP contribution in [-0.4, -0.2) is 48.8 Å². The van der Waals surface area contributed by atoms with Gasteiger partial charge >= 0.3 is 0 Å². The Morgan fingerprint density at radius 1 is 1.17 bits per heavy atom. The van der Waals surface area contributed by atoms with Crippen molar-refractivity contribution in [2.75, 3.05) is 24.6 Å². The normalized spacial score (nSPS) is 19.2. The molecule has 1 saturated heterocycles. The average molecular weight is 451 g/mol. The van der Waals surface area contributed by atoms with Crippen LogP contribution in [0.2, 0.25) is 5.02 Å². The van der Waals surface area contributed by atoms with E-state index in [1.807, 2.05) is 24.3 Å². The van der Waals surface area contributed by atoms with Crippen molar-refractivity contribution in [2.24, 2.45) is 0 Å². The first-order valence-corrected chi connectivity index (χ1v) is 12.2. The monoisotopic (exact) mass is 450 g/mol. The summed E-state index contributed by atoms with van der Waals surface area (Å²) in [6, 6.07) is 14.4. The number of amides is 1. The molecule has 1 fully saturated rings. The molecule has 1 atom stereocenters. The number of oxazole rings is 1. The fourth-order valence-electron chi connectivity index (χ4n) is 3.41. The van der Waals surface area contributed by atoms with E-state index in [1.54, 1.807) is 29.2 Å². The largest absolute Gasteiger partial charge is 0.431 e. The number of carbonyl (C=O) groups is 1. The number of carbonyl (C=O) groups excluding carboxylic acids is 1. The van der Waals surface area contributed by atoms with Crippen molar-refractivity contribution in [1.29, 1.82) is 0 Å². The van der Waals surface area contributed by atoms with Gasteiger partial charge in [0.05, 0.1) is 16.8 Å². The Morgan fingerprint density at radius 2 is 1.93 bits per heavy atom. The summed E-state index contributed by atoms with van der Waals surface area (Å²) >= 11 is 7.44. The molecule has 4 rings (SSSR count). The Balaban J connectivity index is 1.43. The van der Waals surface area contributed by atoms with Crippen LogP contribution in [0.5, 0.6) is 0 Å². The van der Waals surface area contributed by atoms with Crippen molar-refractivity contribution in [3.63, 3.8) is 0 Å². The number of sulfone groups is 1. The van der Waals surface area contributed by atoms with E-state index in [-0.39, 0.29) is 24.0 Å². The molecule has 0 radical (unpaired) electrons. The SMILES string of the molecule is O=C(CSc1nc2ccccc2o1)N1CCC(c2ccccc2Cl)S(=O)(=O)CC1. The highest BCUT2D eigenvalue weighted by atomic mass is 35.5. The summed E-state index contributed by atoms with van der Waals surface area (Å²) in [6.45, 7) is 0.540. The first kappa shape index (κ1) is 20.3. The maximum atomic E-state index is 12.8. The van der Waals surface area contributed by atoms with E-state index in [2.05, 4.69) is 4.98 Å². The minimum absolute atomic E-state index is 0.0812. The van der Waals surface area contributed by atoms with Crippen molar-refractivity contribution < 1.29 is 17.6 Å². The van der Waals surface area contributed by atoms with Crippen LogP contribution in [0.25, 0.3) is 11.1 Å². The lowest BCUT2D eigenvalue weighted by atomic mass is 10.1. The smallest absolute Gasteiger partial charge is 0.257 e. The van der Waals surface area contributed by atoms with Gasteiger partial charge in [0, 0.05) is 18.1 Å². The third-order valence-corrected chi connectivity index (χ3v) is 8.20. The standard InChI is InChI=1S/C20H19ClN2O4S2/c21-15-6-2-1-5-14(15)18-9-10-23(11-12-29(18,25)26)19(24)13-28-20-22-16-7-3-4-8-17(16)27-20/h1-8,18H,9-13H2. The molecule has 1 unspecified atom stereocenters. The number of benzene rings is 2.